The molecule has 1 rings (SSSR count). The Morgan fingerprint density at radius 1 is 1.06 bits per heavy atom. The van der Waals surface area contributed by atoms with Crippen LogP contribution in [0.3, 0.4) is 0 Å². The molecule has 0 saturated carbocycles. The lowest BCUT2D eigenvalue weighted by Gasteiger charge is -2.51. The normalized spacial score (nSPS) is 26.5. The third kappa shape index (κ3) is 3.27. The third-order valence-electron chi connectivity index (χ3n) is 5.19. The summed E-state index contributed by atoms with van der Waals surface area (Å²) in [6.07, 6.45) is 7.74. The van der Waals surface area contributed by atoms with Crippen LogP contribution in [-0.2, 0) is 0 Å². The quantitative estimate of drug-likeness (QED) is 0.743. The summed E-state index contributed by atoms with van der Waals surface area (Å²) < 4.78 is 0. The fourth-order valence-corrected chi connectivity index (χ4v) is 3.71. The van der Waals surface area contributed by atoms with E-state index in [1.807, 2.05) is 0 Å². The van der Waals surface area contributed by atoms with Crippen molar-refractivity contribution in [2.24, 2.45) is 0 Å². The van der Waals surface area contributed by atoms with Gasteiger partial charge in [-0.15, -0.1) is 0 Å². The van der Waals surface area contributed by atoms with Crippen LogP contribution >= 0.6 is 0 Å². The van der Waals surface area contributed by atoms with Gasteiger partial charge in [0, 0.05) is 30.7 Å². The molecule has 2 heteroatoms. The Hall–Kier alpha value is -0.0800. The summed E-state index contributed by atoms with van der Waals surface area (Å²) in [5.74, 6) is 0. The Morgan fingerprint density at radius 2 is 1.67 bits per heavy atom. The molecule has 0 amide bonds. The van der Waals surface area contributed by atoms with Gasteiger partial charge in [0.15, 0.2) is 0 Å². The predicted molar refractivity (Wildman–Crippen MR) is 81.1 cm³/mol. The van der Waals surface area contributed by atoms with Gasteiger partial charge in [-0.25, -0.2) is 0 Å². The lowest BCUT2D eigenvalue weighted by atomic mass is 9.84. The molecule has 0 spiro atoms. The summed E-state index contributed by atoms with van der Waals surface area (Å²) in [5.41, 5.74) is 0.439. The van der Waals surface area contributed by atoms with Crippen LogP contribution in [0.25, 0.3) is 0 Å². The average Bonchev–Trinajstić information content (AvgIpc) is 2.42. The van der Waals surface area contributed by atoms with Crippen LogP contribution in [0, 0.1) is 0 Å². The Kier molecular flexibility index (Phi) is 6.65. The van der Waals surface area contributed by atoms with Crippen molar-refractivity contribution in [3.8, 4) is 0 Å². The Balaban J connectivity index is 2.83. The molecule has 18 heavy (non-hydrogen) atoms. The molecule has 2 atom stereocenters. The van der Waals surface area contributed by atoms with Crippen LogP contribution in [0.4, 0.5) is 0 Å². The fraction of sp³-hybridized carbons (Fsp3) is 1.00. The van der Waals surface area contributed by atoms with Gasteiger partial charge in [0.1, 0.15) is 0 Å². The molecule has 1 aliphatic heterocycles. The van der Waals surface area contributed by atoms with Gasteiger partial charge in [0.05, 0.1) is 0 Å². The summed E-state index contributed by atoms with van der Waals surface area (Å²) in [4.78, 5) is 2.85. The third-order valence-corrected chi connectivity index (χ3v) is 5.19. The highest BCUT2D eigenvalue weighted by Crippen LogP contribution is 2.32. The van der Waals surface area contributed by atoms with E-state index >= 15 is 0 Å². The highest BCUT2D eigenvalue weighted by molar-refractivity contribution is 4.96. The molecule has 2 nitrogen and oxygen atoms in total. The van der Waals surface area contributed by atoms with Crippen LogP contribution in [0.15, 0.2) is 0 Å². The van der Waals surface area contributed by atoms with Crippen LogP contribution in [0.5, 0.6) is 0 Å². The minimum atomic E-state index is 0.439. The number of nitrogens with zero attached hydrogens (tertiary/aromatic N) is 1. The second-order valence-electron chi connectivity index (χ2n) is 5.89. The second-order valence-corrected chi connectivity index (χ2v) is 5.89. The van der Waals surface area contributed by atoms with E-state index < -0.39 is 0 Å². The van der Waals surface area contributed by atoms with E-state index in [2.05, 4.69) is 44.8 Å². The molecule has 0 aromatic rings. The molecule has 1 saturated heterocycles. The van der Waals surface area contributed by atoms with Crippen LogP contribution in [-0.4, -0.2) is 35.6 Å². The van der Waals surface area contributed by atoms with Crippen molar-refractivity contribution in [2.75, 3.05) is 13.1 Å². The SMILES string of the molecule is CCCC1CN(C(CC)(CC)CC)C(CC)CN1. The van der Waals surface area contributed by atoms with E-state index in [9.17, 15) is 0 Å². The van der Waals surface area contributed by atoms with Crippen LogP contribution in [0.1, 0.15) is 73.1 Å². The molecule has 0 aromatic carbocycles. The van der Waals surface area contributed by atoms with Crippen molar-refractivity contribution in [2.45, 2.75) is 90.8 Å². The molecule has 0 aliphatic carbocycles. The maximum Gasteiger partial charge on any atom is 0.0224 e. The first kappa shape index (κ1) is 16.0. The molecule has 1 aliphatic rings. The summed E-state index contributed by atoms with van der Waals surface area (Å²) >= 11 is 0. The molecule has 1 fully saturated rings. The second kappa shape index (κ2) is 7.49. The number of hydrogen-bond donors (Lipinski definition) is 1. The van der Waals surface area contributed by atoms with Gasteiger partial charge in [0.2, 0.25) is 0 Å². The maximum absolute atomic E-state index is 3.75. The lowest BCUT2D eigenvalue weighted by Crippen LogP contribution is -2.63. The molecule has 2 unspecified atom stereocenters. The maximum atomic E-state index is 3.75. The first-order valence-electron chi connectivity index (χ1n) is 8.17. The minimum Gasteiger partial charge on any atom is -0.311 e. The molecule has 0 bridgehead atoms. The molecule has 1 heterocycles. The van der Waals surface area contributed by atoms with E-state index in [1.165, 1.54) is 51.6 Å². The van der Waals surface area contributed by atoms with Gasteiger partial charge in [-0.3, -0.25) is 4.90 Å². The van der Waals surface area contributed by atoms with Gasteiger partial charge in [-0.2, -0.15) is 0 Å². The lowest BCUT2D eigenvalue weighted by molar-refractivity contribution is -0.00271. The van der Waals surface area contributed by atoms with Gasteiger partial charge in [-0.1, -0.05) is 41.0 Å². The first-order chi connectivity index (χ1) is 8.67. The fourth-order valence-electron chi connectivity index (χ4n) is 3.71. The van der Waals surface area contributed by atoms with Crippen molar-refractivity contribution in [3.05, 3.63) is 0 Å². The van der Waals surface area contributed by atoms with Crippen molar-refractivity contribution in [1.82, 2.24) is 10.2 Å². The van der Waals surface area contributed by atoms with Gasteiger partial charge in [0.25, 0.3) is 0 Å². The molecule has 1 N–H and O–H groups in total. The van der Waals surface area contributed by atoms with E-state index in [-0.39, 0.29) is 0 Å². The van der Waals surface area contributed by atoms with E-state index in [0.717, 1.165) is 6.04 Å². The van der Waals surface area contributed by atoms with E-state index in [1.54, 1.807) is 0 Å². The largest absolute Gasteiger partial charge is 0.311 e. The highest BCUT2D eigenvalue weighted by Gasteiger charge is 2.38. The summed E-state index contributed by atoms with van der Waals surface area (Å²) in [6, 6.07) is 1.44. The molecule has 108 valence electrons. The van der Waals surface area contributed by atoms with Gasteiger partial charge >= 0.3 is 0 Å². The summed E-state index contributed by atoms with van der Waals surface area (Å²) in [6.45, 7) is 14.2. The Labute approximate surface area is 115 Å². The number of piperazine rings is 1. The van der Waals surface area contributed by atoms with Crippen LogP contribution < -0.4 is 5.32 Å². The van der Waals surface area contributed by atoms with Gasteiger partial charge < -0.3 is 5.32 Å². The number of nitrogens with one attached hydrogen (secondary N) is 1. The standard InChI is InChI=1S/C16H34N2/c1-6-11-14-13-18(15(7-2)12-17-14)16(8-3,9-4)10-5/h14-15,17H,6-13H2,1-5H3. The zero-order valence-electron chi connectivity index (χ0n) is 13.3. The Morgan fingerprint density at radius 3 is 2.11 bits per heavy atom. The van der Waals surface area contributed by atoms with Crippen molar-refractivity contribution < 1.29 is 0 Å². The van der Waals surface area contributed by atoms with Crippen molar-refractivity contribution >= 4 is 0 Å². The zero-order chi connectivity index (χ0) is 13.6. The zero-order valence-corrected chi connectivity index (χ0v) is 13.3. The molecule has 0 aromatic heterocycles. The number of rotatable bonds is 7. The predicted octanol–water partition coefficient (Wildman–Crippen LogP) is 3.81. The highest BCUT2D eigenvalue weighted by atomic mass is 15.3. The van der Waals surface area contributed by atoms with E-state index in [0.29, 0.717) is 11.6 Å². The minimum absolute atomic E-state index is 0.439. The monoisotopic (exact) mass is 254 g/mol. The number of hydrogen-bond acceptors (Lipinski definition) is 2. The first-order valence-corrected chi connectivity index (χ1v) is 8.17. The summed E-state index contributed by atoms with van der Waals surface area (Å²) in [5, 5.41) is 3.75. The average molecular weight is 254 g/mol. The molecular formula is C16H34N2. The topological polar surface area (TPSA) is 15.3 Å². The molecular weight excluding hydrogens is 220 g/mol. The van der Waals surface area contributed by atoms with Crippen molar-refractivity contribution in [3.63, 3.8) is 0 Å². The smallest absolute Gasteiger partial charge is 0.0224 e. The van der Waals surface area contributed by atoms with Crippen molar-refractivity contribution in [1.29, 1.82) is 0 Å². The van der Waals surface area contributed by atoms with Gasteiger partial charge in [-0.05, 0) is 32.1 Å². The van der Waals surface area contributed by atoms with Crippen LogP contribution in [0.2, 0.25) is 0 Å². The molecule has 0 radical (unpaired) electrons. The Bertz CT molecular complexity index is 215. The van der Waals surface area contributed by atoms with E-state index in [4.69, 9.17) is 0 Å². The summed E-state index contributed by atoms with van der Waals surface area (Å²) in [7, 11) is 0.